The average Bonchev–Trinajstić information content (AvgIpc) is 3.43. The van der Waals surface area contributed by atoms with Crippen LogP contribution in [0.4, 0.5) is 9.52 Å². The number of halogens is 1. The lowest BCUT2D eigenvalue weighted by atomic mass is 10.1. The molecule has 1 aliphatic heterocycles. The first-order chi connectivity index (χ1) is 13.5. The highest BCUT2D eigenvalue weighted by Gasteiger charge is 2.35. The van der Waals surface area contributed by atoms with E-state index in [9.17, 15) is 14.0 Å². The Hall–Kier alpha value is -2.58. The minimum atomic E-state index is -0.493. The van der Waals surface area contributed by atoms with Gasteiger partial charge in [0.05, 0.1) is 10.6 Å². The third-order valence-corrected chi connectivity index (χ3v) is 6.44. The number of nitrogens with zero attached hydrogens (tertiary/aromatic N) is 2. The van der Waals surface area contributed by atoms with Gasteiger partial charge in [-0.25, -0.2) is 9.37 Å². The molecule has 4 rings (SSSR count). The molecule has 0 unspecified atom stereocenters. The Kier molecular flexibility index (Phi) is 5.23. The van der Waals surface area contributed by atoms with Crippen LogP contribution in [0.3, 0.4) is 0 Å². The van der Waals surface area contributed by atoms with Crippen LogP contribution in [-0.2, 0) is 4.79 Å². The summed E-state index contributed by atoms with van der Waals surface area (Å²) in [5.41, 5.74) is 1.52. The lowest BCUT2D eigenvalue weighted by Gasteiger charge is -2.22. The Bertz CT molecular complexity index is 999. The van der Waals surface area contributed by atoms with Crippen LogP contribution in [0.1, 0.15) is 27.4 Å². The predicted molar refractivity (Wildman–Crippen MR) is 109 cm³/mol. The number of rotatable bonds is 4. The summed E-state index contributed by atoms with van der Waals surface area (Å²) in [6.07, 6.45) is 1.44. The van der Waals surface area contributed by atoms with Gasteiger partial charge in [0.2, 0.25) is 5.91 Å². The summed E-state index contributed by atoms with van der Waals surface area (Å²) >= 11 is 2.75. The molecule has 8 heteroatoms. The maximum Gasteiger partial charge on any atom is 0.264 e. The van der Waals surface area contributed by atoms with Crippen molar-refractivity contribution >= 4 is 39.6 Å². The summed E-state index contributed by atoms with van der Waals surface area (Å²) in [7, 11) is 0. The highest BCUT2D eigenvalue weighted by atomic mass is 32.1. The lowest BCUT2D eigenvalue weighted by molar-refractivity contribution is -0.119. The fraction of sp³-hybridized carbons (Fsp3) is 0.250. The second-order valence-electron chi connectivity index (χ2n) is 6.55. The van der Waals surface area contributed by atoms with Gasteiger partial charge in [0.1, 0.15) is 11.9 Å². The number of carbonyl (C=O) groups is 2. The van der Waals surface area contributed by atoms with Crippen molar-refractivity contribution in [1.82, 2.24) is 9.88 Å². The number of hydrogen-bond acceptors (Lipinski definition) is 5. The van der Waals surface area contributed by atoms with Gasteiger partial charge in [-0.2, -0.15) is 0 Å². The van der Waals surface area contributed by atoms with Crippen LogP contribution >= 0.6 is 22.7 Å². The van der Waals surface area contributed by atoms with E-state index in [1.165, 1.54) is 34.8 Å². The van der Waals surface area contributed by atoms with Gasteiger partial charge in [0, 0.05) is 17.0 Å². The number of anilines is 1. The van der Waals surface area contributed by atoms with E-state index >= 15 is 0 Å². The standard InChI is InChI=1S/C20H18FN3O2S2/c1-12-17(13-6-8-14(21)9-7-13)22-20(28-12)23-18(25)15-4-2-10-24(15)19(26)16-5-3-11-27-16/h3,5-9,11,15H,2,4,10H2,1H3,(H,22,23,25)/t15-/m0/s1. The molecule has 1 atom stereocenters. The number of nitrogens with one attached hydrogen (secondary N) is 1. The number of thiazole rings is 1. The minimum absolute atomic E-state index is 0.102. The Labute approximate surface area is 169 Å². The first kappa shape index (κ1) is 18.8. The van der Waals surface area contributed by atoms with E-state index in [-0.39, 0.29) is 17.6 Å². The van der Waals surface area contributed by atoms with Gasteiger partial charge in [-0.1, -0.05) is 6.07 Å². The molecule has 3 aromatic rings. The fourth-order valence-electron chi connectivity index (χ4n) is 3.34. The first-order valence-corrected chi connectivity index (χ1v) is 10.6. The Morgan fingerprint density at radius 3 is 2.75 bits per heavy atom. The zero-order valence-electron chi connectivity index (χ0n) is 15.1. The molecular formula is C20H18FN3O2S2. The quantitative estimate of drug-likeness (QED) is 0.679. The molecule has 2 aromatic heterocycles. The maximum absolute atomic E-state index is 13.2. The Morgan fingerprint density at radius 1 is 1.25 bits per heavy atom. The van der Waals surface area contributed by atoms with Crippen molar-refractivity contribution in [3.63, 3.8) is 0 Å². The molecule has 1 aromatic carbocycles. The molecule has 0 radical (unpaired) electrons. The number of amides is 2. The van der Waals surface area contributed by atoms with E-state index < -0.39 is 6.04 Å². The van der Waals surface area contributed by atoms with E-state index in [2.05, 4.69) is 10.3 Å². The van der Waals surface area contributed by atoms with Crippen molar-refractivity contribution in [3.8, 4) is 11.3 Å². The van der Waals surface area contributed by atoms with Crippen molar-refractivity contribution in [1.29, 1.82) is 0 Å². The van der Waals surface area contributed by atoms with E-state index in [1.807, 2.05) is 18.4 Å². The maximum atomic E-state index is 13.2. The van der Waals surface area contributed by atoms with E-state index in [4.69, 9.17) is 0 Å². The molecule has 0 bridgehead atoms. The summed E-state index contributed by atoms with van der Waals surface area (Å²) in [6, 6.07) is 9.23. The second-order valence-corrected chi connectivity index (χ2v) is 8.70. The molecule has 1 aliphatic rings. The first-order valence-electron chi connectivity index (χ1n) is 8.91. The van der Waals surface area contributed by atoms with E-state index in [0.29, 0.717) is 23.0 Å². The molecule has 0 saturated carbocycles. The number of aromatic nitrogens is 1. The molecule has 28 heavy (non-hydrogen) atoms. The van der Waals surface area contributed by atoms with Crippen molar-refractivity contribution < 1.29 is 14.0 Å². The number of likely N-dealkylation sites (tertiary alicyclic amines) is 1. The van der Waals surface area contributed by atoms with Crippen LogP contribution in [0.2, 0.25) is 0 Å². The van der Waals surface area contributed by atoms with Gasteiger partial charge in [-0.05, 0) is 55.5 Å². The Morgan fingerprint density at radius 2 is 2.04 bits per heavy atom. The molecule has 1 saturated heterocycles. The minimum Gasteiger partial charge on any atom is -0.326 e. The number of aryl methyl sites for hydroxylation is 1. The monoisotopic (exact) mass is 415 g/mol. The van der Waals surface area contributed by atoms with Crippen LogP contribution < -0.4 is 5.32 Å². The van der Waals surface area contributed by atoms with Crippen LogP contribution in [0.5, 0.6) is 0 Å². The molecule has 1 N–H and O–H groups in total. The highest BCUT2D eigenvalue weighted by molar-refractivity contribution is 7.16. The van der Waals surface area contributed by atoms with Crippen LogP contribution in [-0.4, -0.2) is 34.3 Å². The normalized spacial score (nSPS) is 16.4. The van der Waals surface area contributed by atoms with Crippen LogP contribution in [0.25, 0.3) is 11.3 Å². The van der Waals surface area contributed by atoms with Crippen molar-refractivity contribution in [2.45, 2.75) is 25.8 Å². The predicted octanol–water partition coefficient (Wildman–Crippen LogP) is 4.56. The van der Waals surface area contributed by atoms with Gasteiger partial charge in [0.15, 0.2) is 5.13 Å². The SMILES string of the molecule is Cc1sc(NC(=O)[C@@H]2CCCN2C(=O)c2cccs2)nc1-c1ccc(F)cc1. The summed E-state index contributed by atoms with van der Waals surface area (Å²) in [4.78, 5) is 33.2. The summed E-state index contributed by atoms with van der Waals surface area (Å²) in [5.74, 6) is -0.626. The van der Waals surface area contributed by atoms with Gasteiger partial charge in [-0.3, -0.25) is 9.59 Å². The zero-order valence-corrected chi connectivity index (χ0v) is 16.8. The topological polar surface area (TPSA) is 62.3 Å². The van der Waals surface area contributed by atoms with Gasteiger partial charge < -0.3 is 10.2 Å². The number of benzene rings is 1. The molecule has 2 amide bonds. The molecule has 0 aliphatic carbocycles. The third-order valence-electron chi connectivity index (χ3n) is 4.69. The van der Waals surface area contributed by atoms with Gasteiger partial charge in [0.25, 0.3) is 5.91 Å². The number of hydrogen-bond donors (Lipinski definition) is 1. The van der Waals surface area contributed by atoms with Crippen molar-refractivity contribution in [2.75, 3.05) is 11.9 Å². The number of thiophene rings is 1. The summed E-state index contributed by atoms with van der Waals surface area (Å²) in [5, 5.41) is 5.20. The molecular weight excluding hydrogens is 397 g/mol. The van der Waals surface area contributed by atoms with Crippen LogP contribution in [0, 0.1) is 12.7 Å². The van der Waals surface area contributed by atoms with E-state index in [1.54, 1.807) is 23.1 Å². The number of carbonyl (C=O) groups excluding carboxylic acids is 2. The fourth-order valence-corrected chi connectivity index (χ4v) is 4.86. The van der Waals surface area contributed by atoms with Crippen molar-refractivity contribution in [3.05, 3.63) is 57.3 Å². The van der Waals surface area contributed by atoms with Gasteiger partial charge in [-0.15, -0.1) is 22.7 Å². The molecule has 144 valence electrons. The van der Waals surface area contributed by atoms with Crippen LogP contribution in [0.15, 0.2) is 41.8 Å². The lowest BCUT2D eigenvalue weighted by Crippen LogP contribution is -2.42. The van der Waals surface area contributed by atoms with Gasteiger partial charge >= 0.3 is 0 Å². The molecule has 0 spiro atoms. The Balaban J connectivity index is 1.50. The second kappa shape index (κ2) is 7.81. The van der Waals surface area contributed by atoms with Crippen molar-refractivity contribution in [2.24, 2.45) is 0 Å². The smallest absolute Gasteiger partial charge is 0.264 e. The third kappa shape index (κ3) is 3.70. The largest absolute Gasteiger partial charge is 0.326 e. The molecule has 3 heterocycles. The summed E-state index contributed by atoms with van der Waals surface area (Å²) < 4.78 is 13.2. The zero-order chi connectivity index (χ0) is 19.7. The van der Waals surface area contributed by atoms with E-state index in [0.717, 1.165) is 22.6 Å². The summed E-state index contributed by atoms with van der Waals surface area (Å²) in [6.45, 7) is 2.49. The molecule has 1 fully saturated rings. The average molecular weight is 416 g/mol. The molecule has 5 nitrogen and oxygen atoms in total. The highest BCUT2D eigenvalue weighted by Crippen LogP contribution is 2.31.